The second-order valence-electron chi connectivity index (χ2n) is 6.22. The maximum absolute atomic E-state index is 12.0. The maximum Gasteiger partial charge on any atom is 0.238 e. The molecule has 2 aliphatic carbocycles. The first-order chi connectivity index (χ1) is 10.3. The molecule has 114 valence electrons. The molecule has 0 aliphatic heterocycles. The van der Waals surface area contributed by atoms with Crippen molar-refractivity contribution in [2.75, 3.05) is 25.5 Å². The summed E-state index contributed by atoms with van der Waals surface area (Å²) in [6.45, 7) is 1.35. The van der Waals surface area contributed by atoms with Crippen molar-refractivity contribution in [1.82, 2.24) is 5.32 Å². The Hall–Kier alpha value is -1.55. The molecule has 4 heteroatoms. The van der Waals surface area contributed by atoms with Crippen LogP contribution in [0.5, 0.6) is 5.75 Å². The van der Waals surface area contributed by atoms with Crippen LogP contribution in [-0.2, 0) is 4.79 Å². The highest BCUT2D eigenvalue weighted by atomic mass is 16.5. The van der Waals surface area contributed by atoms with E-state index in [9.17, 15) is 4.79 Å². The number of para-hydroxylation sites is 2. The van der Waals surface area contributed by atoms with E-state index in [4.69, 9.17) is 4.74 Å². The second kappa shape index (κ2) is 6.48. The van der Waals surface area contributed by atoms with Gasteiger partial charge in [-0.05, 0) is 62.1 Å². The van der Waals surface area contributed by atoms with Crippen LogP contribution in [0.3, 0.4) is 0 Å². The molecule has 0 aromatic heterocycles. The van der Waals surface area contributed by atoms with Gasteiger partial charge in [-0.1, -0.05) is 12.1 Å². The lowest BCUT2D eigenvalue weighted by molar-refractivity contribution is -0.115. The molecular weight excluding hydrogens is 264 g/mol. The number of methoxy groups -OCH3 is 1. The molecule has 2 aliphatic rings. The van der Waals surface area contributed by atoms with Crippen molar-refractivity contribution in [3.05, 3.63) is 24.3 Å². The molecule has 0 saturated heterocycles. The second-order valence-corrected chi connectivity index (χ2v) is 6.22. The van der Waals surface area contributed by atoms with Gasteiger partial charge in [-0.2, -0.15) is 0 Å². The average molecular weight is 288 g/mol. The predicted molar refractivity (Wildman–Crippen MR) is 83.4 cm³/mol. The van der Waals surface area contributed by atoms with E-state index in [0.717, 1.165) is 30.0 Å². The molecule has 0 atom stereocenters. The Bertz CT molecular complexity index is 483. The zero-order valence-electron chi connectivity index (χ0n) is 12.6. The largest absolute Gasteiger partial charge is 0.495 e. The summed E-state index contributed by atoms with van der Waals surface area (Å²) in [5, 5.41) is 6.23. The van der Waals surface area contributed by atoms with Crippen molar-refractivity contribution < 1.29 is 9.53 Å². The van der Waals surface area contributed by atoms with Crippen molar-refractivity contribution in [1.29, 1.82) is 0 Å². The molecule has 1 amide bonds. The van der Waals surface area contributed by atoms with Gasteiger partial charge in [0, 0.05) is 0 Å². The summed E-state index contributed by atoms with van der Waals surface area (Å²) in [5.41, 5.74) is 0.729. The number of ether oxygens (including phenoxy) is 1. The zero-order chi connectivity index (χ0) is 14.7. The molecule has 2 N–H and O–H groups in total. The molecule has 0 radical (unpaired) electrons. The van der Waals surface area contributed by atoms with E-state index in [1.807, 2.05) is 24.3 Å². The summed E-state index contributed by atoms with van der Waals surface area (Å²) in [7, 11) is 1.61. The van der Waals surface area contributed by atoms with E-state index in [1.54, 1.807) is 7.11 Å². The molecule has 2 saturated carbocycles. The predicted octanol–water partition coefficient (Wildman–Crippen LogP) is 2.66. The number of carbonyl (C=O) groups is 1. The van der Waals surface area contributed by atoms with Gasteiger partial charge >= 0.3 is 0 Å². The summed E-state index contributed by atoms with van der Waals surface area (Å²) >= 11 is 0. The van der Waals surface area contributed by atoms with Crippen LogP contribution in [0, 0.1) is 17.8 Å². The number of benzene rings is 1. The third-order valence-electron chi connectivity index (χ3n) is 4.50. The number of rotatable bonds is 8. The van der Waals surface area contributed by atoms with Crippen LogP contribution in [0.15, 0.2) is 24.3 Å². The first kappa shape index (κ1) is 14.4. The molecule has 1 aromatic rings. The quantitative estimate of drug-likeness (QED) is 0.773. The van der Waals surface area contributed by atoms with Crippen molar-refractivity contribution in [2.45, 2.75) is 25.7 Å². The Labute approximate surface area is 126 Å². The summed E-state index contributed by atoms with van der Waals surface area (Å²) in [6, 6.07) is 7.48. The van der Waals surface area contributed by atoms with E-state index < -0.39 is 0 Å². The lowest BCUT2D eigenvalue weighted by Crippen LogP contribution is -2.33. The van der Waals surface area contributed by atoms with Crippen LogP contribution >= 0.6 is 0 Å². The van der Waals surface area contributed by atoms with E-state index in [2.05, 4.69) is 10.6 Å². The SMILES string of the molecule is COc1ccccc1NC(=O)CNCC(C1CC1)C1CC1. The highest BCUT2D eigenvalue weighted by Crippen LogP contribution is 2.48. The topological polar surface area (TPSA) is 50.4 Å². The number of hydrogen-bond acceptors (Lipinski definition) is 3. The normalized spacial score (nSPS) is 17.8. The van der Waals surface area contributed by atoms with Gasteiger partial charge in [-0.15, -0.1) is 0 Å². The van der Waals surface area contributed by atoms with E-state index in [-0.39, 0.29) is 5.91 Å². The standard InChI is InChI=1S/C17H24N2O2/c1-21-16-5-3-2-4-15(16)19-17(20)11-18-10-14(12-6-7-12)13-8-9-13/h2-5,12-14,18H,6-11H2,1H3,(H,19,20). The Kier molecular flexibility index (Phi) is 4.44. The highest BCUT2D eigenvalue weighted by molar-refractivity contribution is 5.93. The number of anilines is 1. The molecule has 0 unspecified atom stereocenters. The van der Waals surface area contributed by atoms with Gasteiger partial charge in [-0.3, -0.25) is 4.79 Å². The Morgan fingerprint density at radius 2 is 1.90 bits per heavy atom. The smallest absolute Gasteiger partial charge is 0.238 e. The minimum atomic E-state index is -0.00940. The summed E-state index contributed by atoms with van der Waals surface area (Å²) in [6.07, 6.45) is 5.54. The average Bonchev–Trinajstić information content (AvgIpc) is 3.38. The van der Waals surface area contributed by atoms with Gasteiger partial charge in [0.2, 0.25) is 5.91 Å². The highest BCUT2D eigenvalue weighted by Gasteiger charge is 2.40. The fraction of sp³-hybridized carbons (Fsp3) is 0.588. The van der Waals surface area contributed by atoms with E-state index in [1.165, 1.54) is 25.7 Å². The molecular formula is C17H24N2O2. The number of nitrogens with one attached hydrogen (secondary N) is 2. The molecule has 0 heterocycles. The molecule has 3 rings (SSSR count). The third kappa shape index (κ3) is 3.97. The van der Waals surface area contributed by atoms with Crippen molar-refractivity contribution in [3.8, 4) is 5.75 Å². The van der Waals surface area contributed by atoms with E-state index in [0.29, 0.717) is 12.3 Å². The van der Waals surface area contributed by atoms with Gasteiger partial charge < -0.3 is 15.4 Å². The van der Waals surface area contributed by atoms with Gasteiger partial charge in [0.1, 0.15) is 5.75 Å². The van der Waals surface area contributed by atoms with Crippen LogP contribution in [0.25, 0.3) is 0 Å². The Morgan fingerprint density at radius 3 is 2.52 bits per heavy atom. The molecule has 4 nitrogen and oxygen atoms in total. The third-order valence-corrected chi connectivity index (χ3v) is 4.50. The maximum atomic E-state index is 12.0. The molecule has 21 heavy (non-hydrogen) atoms. The van der Waals surface area contributed by atoms with Gasteiger partial charge in [-0.25, -0.2) is 0 Å². The number of hydrogen-bond donors (Lipinski definition) is 2. The van der Waals surface area contributed by atoms with Crippen LogP contribution in [-0.4, -0.2) is 26.1 Å². The molecule has 0 spiro atoms. The summed E-state index contributed by atoms with van der Waals surface area (Å²) in [4.78, 5) is 12.0. The lowest BCUT2D eigenvalue weighted by atomic mass is 9.98. The van der Waals surface area contributed by atoms with Crippen LogP contribution < -0.4 is 15.4 Å². The monoisotopic (exact) mass is 288 g/mol. The summed E-state index contributed by atoms with van der Waals surface area (Å²) in [5.74, 6) is 3.32. The van der Waals surface area contributed by atoms with Gasteiger partial charge in [0.15, 0.2) is 0 Å². The molecule has 0 bridgehead atoms. The first-order valence-corrected chi connectivity index (χ1v) is 7.91. The van der Waals surface area contributed by atoms with Crippen LogP contribution in [0.1, 0.15) is 25.7 Å². The molecule has 1 aromatic carbocycles. The van der Waals surface area contributed by atoms with Crippen LogP contribution in [0.4, 0.5) is 5.69 Å². The van der Waals surface area contributed by atoms with Gasteiger partial charge in [0.25, 0.3) is 0 Å². The van der Waals surface area contributed by atoms with Crippen molar-refractivity contribution >= 4 is 11.6 Å². The fourth-order valence-electron chi connectivity index (χ4n) is 3.06. The van der Waals surface area contributed by atoms with Crippen molar-refractivity contribution in [3.63, 3.8) is 0 Å². The zero-order valence-corrected chi connectivity index (χ0v) is 12.6. The number of amides is 1. The Balaban J connectivity index is 1.43. The minimum Gasteiger partial charge on any atom is -0.495 e. The summed E-state index contributed by atoms with van der Waals surface area (Å²) < 4.78 is 5.23. The van der Waals surface area contributed by atoms with Crippen molar-refractivity contribution in [2.24, 2.45) is 17.8 Å². The first-order valence-electron chi connectivity index (χ1n) is 7.91. The van der Waals surface area contributed by atoms with Gasteiger partial charge in [0.05, 0.1) is 19.3 Å². The number of carbonyl (C=O) groups excluding carboxylic acids is 1. The fourth-order valence-corrected chi connectivity index (χ4v) is 3.06. The Morgan fingerprint density at radius 1 is 1.24 bits per heavy atom. The van der Waals surface area contributed by atoms with E-state index >= 15 is 0 Å². The minimum absolute atomic E-state index is 0.00940. The molecule has 2 fully saturated rings. The van der Waals surface area contributed by atoms with Crippen LogP contribution in [0.2, 0.25) is 0 Å². The lowest BCUT2D eigenvalue weighted by Gasteiger charge is -2.16.